The molecule has 0 bridgehead atoms. The van der Waals surface area contributed by atoms with Crippen LogP contribution < -0.4 is 5.32 Å². The first kappa shape index (κ1) is 11.3. The van der Waals surface area contributed by atoms with Gasteiger partial charge in [-0.05, 0) is 31.4 Å². The standard InChI is InChI=1S/C12H22N2/c1-4-12(5-2,6-3)14-10-11-8-7-9-13-11/h7-9,13-14H,4-6,10H2,1-3H3. The zero-order chi connectivity index (χ0) is 10.4. The van der Waals surface area contributed by atoms with E-state index in [1.54, 1.807) is 0 Å². The summed E-state index contributed by atoms with van der Waals surface area (Å²) in [6.45, 7) is 7.72. The van der Waals surface area contributed by atoms with E-state index in [9.17, 15) is 0 Å². The van der Waals surface area contributed by atoms with E-state index < -0.39 is 0 Å². The molecule has 1 aromatic rings. The van der Waals surface area contributed by atoms with Crippen molar-refractivity contribution in [3.05, 3.63) is 24.0 Å². The molecule has 2 heteroatoms. The molecule has 0 aliphatic rings. The van der Waals surface area contributed by atoms with E-state index in [-0.39, 0.29) is 0 Å². The minimum atomic E-state index is 0.325. The maximum Gasteiger partial charge on any atom is 0.0362 e. The molecule has 0 fully saturated rings. The van der Waals surface area contributed by atoms with Crippen molar-refractivity contribution in [1.82, 2.24) is 10.3 Å². The van der Waals surface area contributed by atoms with Gasteiger partial charge in [-0.1, -0.05) is 20.8 Å². The molecule has 0 radical (unpaired) electrons. The van der Waals surface area contributed by atoms with Crippen LogP contribution in [0.4, 0.5) is 0 Å². The van der Waals surface area contributed by atoms with Gasteiger partial charge in [0.2, 0.25) is 0 Å². The van der Waals surface area contributed by atoms with Crippen LogP contribution in [0.1, 0.15) is 45.7 Å². The van der Waals surface area contributed by atoms with E-state index in [0.717, 1.165) is 6.54 Å². The van der Waals surface area contributed by atoms with Crippen molar-refractivity contribution in [3.63, 3.8) is 0 Å². The maximum atomic E-state index is 3.65. The van der Waals surface area contributed by atoms with Crippen LogP contribution in [-0.2, 0) is 6.54 Å². The minimum absolute atomic E-state index is 0.325. The lowest BCUT2D eigenvalue weighted by molar-refractivity contribution is 0.287. The van der Waals surface area contributed by atoms with Gasteiger partial charge < -0.3 is 10.3 Å². The predicted octanol–water partition coefficient (Wildman–Crippen LogP) is 3.07. The summed E-state index contributed by atoms with van der Waals surface area (Å²) in [6, 6.07) is 4.17. The van der Waals surface area contributed by atoms with Gasteiger partial charge in [0.1, 0.15) is 0 Å². The quantitative estimate of drug-likeness (QED) is 0.715. The maximum absolute atomic E-state index is 3.65. The van der Waals surface area contributed by atoms with Crippen molar-refractivity contribution < 1.29 is 0 Å². The van der Waals surface area contributed by atoms with Crippen molar-refractivity contribution in [2.24, 2.45) is 0 Å². The number of aromatic nitrogens is 1. The number of nitrogens with one attached hydrogen (secondary N) is 2. The number of hydrogen-bond acceptors (Lipinski definition) is 1. The van der Waals surface area contributed by atoms with Crippen LogP contribution in [0.5, 0.6) is 0 Å². The fourth-order valence-corrected chi connectivity index (χ4v) is 1.89. The Hall–Kier alpha value is -0.760. The number of H-pyrrole nitrogens is 1. The summed E-state index contributed by atoms with van der Waals surface area (Å²) in [6.07, 6.45) is 5.56. The summed E-state index contributed by atoms with van der Waals surface area (Å²) < 4.78 is 0. The van der Waals surface area contributed by atoms with Gasteiger partial charge in [0.05, 0.1) is 0 Å². The molecule has 1 heterocycles. The topological polar surface area (TPSA) is 27.8 Å². The molecule has 0 aromatic carbocycles. The lowest BCUT2D eigenvalue weighted by Crippen LogP contribution is -2.43. The Morgan fingerprint density at radius 1 is 1.21 bits per heavy atom. The van der Waals surface area contributed by atoms with Crippen molar-refractivity contribution in [2.75, 3.05) is 0 Å². The minimum Gasteiger partial charge on any atom is -0.364 e. The SMILES string of the molecule is CCC(CC)(CC)NCc1ccc[nH]1. The van der Waals surface area contributed by atoms with E-state index >= 15 is 0 Å². The Balaban J connectivity index is 2.48. The van der Waals surface area contributed by atoms with E-state index in [4.69, 9.17) is 0 Å². The number of aromatic amines is 1. The van der Waals surface area contributed by atoms with Crippen LogP contribution in [-0.4, -0.2) is 10.5 Å². The van der Waals surface area contributed by atoms with Gasteiger partial charge in [0, 0.05) is 24.0 Å². The van der Waals surface area contributed by atoms with E-state index in [1.165, 1.54) is 25.0 Å². The van der Waals surface area contributed by atoms with Gasteiger partial charge in [-0.3, -0.25) is 0 Å². The molecule has 0 saturated carbocycles. The van der Waals surface area contributed by atoms with Crippen LogP contribution in [0.25, 0.3) is 0 Å². The fourth-order valence-electron chi connectivity index (χ4n) is 1.89. The average Bonchev–Trinajstić information content (AvgIpc) is 2.74. The summed E-state index contributed by atoms with van der Waals surface area (Å²) in [7, 11) is 0. The Morgan fingerprint density at radius 2 is 1.86 bits per heavy atom. The zero-order valence-electron chi connectivity index (χ0n) is 9.56. The molecule has 1 rings (SSSR count). The van der Waals surface area contributed by atoms with Crippen molar-refractivity contribution in [1.29, 1.82) is 0 Å². The predicted molar refractivity (Wildman–Crippen MR) is 61.2 cm³/mol. The Kier molecular flexibility index (Phi) is 4.21. The van der Waals surface area contributed by atoms with Crippen molar-refractivity contribution in [2.45, 2.75) is 52.1 Å². The summed E-state index contributed by atoms with van der Waals surface area (Å²) in [5.74, 6) is 0. The van der Waals surface area contributed by atoms with Crippen molar-refractivity contribution in [3.8, 4) is 0 Å². The van der Waals surface area contributed by atoms with Crippen molar-refractivity contribution >= 4 is 0 Å². The number of hydrogen-bond donors (Lipinski definition) is 2. The largest absolute Gasteiger partial charge is 0.364 e. The lowest BCUT2D eigenvalue weighted by atomic mass is 9.90. The summed E-state index contributed by atoms with van der Waals surface area (Å²) in [5.41, 5.74) is 1.59. The highest BCUT2D eigenvalue weighted by Crippen LogP contribution is 2.19. The first-order valence-corrected chi connectivity index (χ1v) is 5.63. The van der Waals surface area contributed by atoms with Gasteiger partial charge in [0.25, 0.3) is 0 Å². The molecule has 0 amide bonds. The van der Waals surface area contributed by atoms with Crippen LogP contribution in [0.2, 0.25) is 0 Å². The molecule has 0 aliphatic carbocycles. The second-order valence-electron chi connectivity index (χ2n) is 3.89. The van der Waals surface area contributed by atoms with Gasteiger partial charge in [0.15, 0.2) is 0 Å². The third kappa shape index (κ3) is 2.61. The van der Waals surface area contributed by atoms with Gasteiger partial charge in [-0.2, -0.15) is 0 Å². The number of rotatable bonds is 6. The third-order valence-electron chi connectivity index (χ3n) is 3.35. The normalized spacial score (nSPS) is 11.9. The smallest absolute Gasteiger partial charge is 0.0362 e. The molecule has 0 unspecified atom stereocenters. The van der Waals surface area contributed by atoms with Gasteiger partial charge >= 0.3 is 0 Å². The molecule has 1 aromatic heterocycles. The third-order valence-corrected chi connectivity index (χ3v) is 3.35. The zero-order valence-corrected chi connectivity index (χ0v) is 9.56. The Morgan fingerprint density at radius 3 is 2.29 bits per heavy atom. The molecule has 0 atom stereocenters. The lowest BCUT2D eigenvalue weighted by Gasteiger charge is -2.31. The molecule has 0 spiro atoms. The first-order chi connectivity index (χ1) is 6.76. The summed E-state index contributed by atoms with van der Waals surface area (Å²) in [4.78, 5) is 3.22. The second kappa shape index (κ2) is 5.20. The van der Waals surface area contributed by atoms with Crippen LogP contribution in [0.3, 0.4) is 0 Å². The first-order valence-electron chi connectivity index (χ1n) is 5.63. The van der Waals surface area contributed by atoms with Crippen LogP contribution >= 0.6 is 0 Å². The average molecular weight is 194 g/mol. The molecule has 2 nitrogen and oxygen atoms in total. The van der Waals surface area contributed by atoms with E-state index in [0.29, 0.717) is 5.54 Å². The van der Waals surface area contributed by atoms with Crippen LogP contribution in [0, 0.1) is 0 Å². The highest BCUT2D eigenvalue weighted by Gasteiger charge is 2.22. The summed E-state index contributed by atoms with van der Waals surface area (Å²) in [5, 5.41) is 3.65. The van der Waals surface area contributed by atoms with E-state index in [1.807, 2.05) is 12.3 Å². The van der Waals surface area contributed by atoms with Gasteiger partial charge in [-0.15, -0.1) is 0 Å². The summed E-state index contributed by atoms with van der Waals surface area (Å²) >= 11 is 0. The molecular weight excluding hydrogens is 172 g/mol. The fraction of sp³-hybridized carbons (Fsp3) is 0.667. The second-order valence-corrected chi connectivity index (χ2v) is 3.89. The van der Waals surface area contributed by atoms with Crippen LogP contribution in [0.15, 0.2) is 18.3 Å². The Labute approximate surface area is 87.1 Å². The van der Waals surface area contributed by atoms with E-state index in [2.05, 4.69) is 37.1 Å². The van der Waals surface area contributed by atoms with Gasteiger partial charge in [-0.25, -0.2) is 0 Å². The highest BCUT2D eigenvalue weighted by molar-refractivity contribution is 5.04. The molecule has 80 valence electrons. The molecule has 0 aliphatic heterocycles. The molecule has 0 saturated heterocycles. The Bertz CT molecular complexity index is 227. The molecule has 14 heavy (non-hydrogen) atoms. The highest BCUT2D eigenvalue weighted by atomic mass is 15.0. The monoisotopic (exact) mass is 194 g/mol. The molecule has 2 N–H and O–H groups in total. The molecular formula is C12H22N2.